The van der Waals surface area contributed by atoms with Crippen molar-refractivity contribution in [2.45, 2.75) is 42.5 Å². The van der Waals surface area contributed by atoms with Crippen molar-refractivity contribution >= 4 is 28.0 Å². The van der Waals surface area contributed by atoms with Gasteiger partial charge in [0.15, 0.2) is 24.6 Å². The molecule has 0 N–H and O–H groups in total. The first-order chi connectivity index (χ1) is 22.7. The molecule has 0 amide bonds. The van der Waals surface area contributed by atoms with Gasteiger partial charge in [-0.3, -0.25) is 4.18 Å². The average molecular weight is 661 g/mol. The molecule has 0 bridgehead atoms. The number of hydrogen-bond acceptors (Lipinski definition) is 11. The minimum Gasteiger partial charge on any atom is -0.452 e. The van der Waals surface area contributed by atoms with Gasteiger partial charge in [0.05, 0.1) is 28.2 Å². The Morgan fingerprint density at radius 1 is 0.617 bits per heavy atom. The van der Waals surface area contributed by atoms with E-state index >= 15 is 0 Å². The Morgan fingerprint density at radius 3 is 1.49 bits per heavy atom. The zero-order valence-corrected chi connectivity index (χ0v) is 26.3. The van der Waals surface area contributed by atoms with Gasteiger partial charge in [-0.2, -0.15) is 8.42 Å². The van der Waals surface area contributed by atoms with Gasteiger partial charge < -0.3 is 23.7 Å². The van der Waals surface area contributed by atoms with Crippen LogP contribution in [0.2, 0.25) is 0 Å². The first-order valence-electron chi connectivity index (χ1n) is 14.6. The van der Waals surface area contributed by atoms with Crippen LogP contribution in [-0.4, -0.2) is 70.7 Å². The van der Waals surface area contributed by atoms with Gasteiger partial charge in [-0.25, -0.2) is 14.4 Å². The minimum absolute atomic E-state index is 0.109. The molecule has 0 saturated carbocycles. The fourth-order valence-corrected chi connectivity index (χ4v) is 5.75. The lowest BCUT2D eigenvalue weighted by molar-refractivity contribution is -0.290. The molecule has 1 aliphatic heterocycles. The topological polar surface area (TPSA) is 141 Å². The van der Waals surface area contributed by atoms with Crippen LogP contribution in [0.4, 0.5) is 0 Å². The van der Waals surface area contributed by atoms with Crippen molar-refractivity contribution < 1.29 is 50.7 Å². The summed E-state index contributed by atoms with van der Waals surface area (Å²) in [6.45, 7) is 1.13. The Labute approximate surface area is 272 Å². The smallest absolute Gasteiger partial charge is 0.338 e. The molecular weight excluding hydrogens is 628 g/mol. The van der Waals surface area contributed by atoms with Crippen molar-refractivity contribution in [3.05, 3.63) is 138 Å². The summed E-state index contributed by atoms with van der Waals surface area (Å²) in [6, 6.07) is 30.0. The summed E-state index contributed by atoms with van der Waals surface area (Å²) in [5, 5.41) is 0. The number of carbonyl (C=O) groups excluding carboxylic acids is 3. The van der Waals surface area contributed by atoms with E-state index in [1.165, 1.54) is 55.6 Å². The molecule has 1 fully saturated rings. The van der Waals surface area contributed by atoms with Crippen LogP contribution in [0.25, 0.3) is 0 Å². The molecule has 244 valence electrons. The van der Waals surface area contributed by atoms with Gasteiger partial charge in [0.1, 0.15) is 6.10 Å². The molecule has 1 aliphatic rings. The SMILES string of the molecule is CO[C@@H]1O[C@H](COS(=O)(=O)c2ccc(C)cc2)[C@H](OC(=O)c2ccccc2)[C@H](OC(=O)c2ccccc2)[C@@H]1OC(=O)c1ccccc1. The highest BCUT2D eigenvalue weighted by Gasteiger charge is 2.53. The number of aryl methyl sites for hydroxylation is 1. The fraction of sp³-hybridized carbons (Fsp3) is 0.229. The largest absolute Gasteiger partial charge is 0.452 e. The van der Waals surface area contributed by atoms with Crippen molar-refractivity contribution in [2.24, 2.45) is 0 Å². The molecule has 0 radical (unpaired) electrons. The molecule has 12 heteroatoms. The monoisotopic (exact) mass is 660 g/mol. The predicted molar refractivity (Wildman–Crippen MR) is 167 cm³/mol. The van der Waals surface area contributed by atoms with E-state index in [1.54, 1.807) is 66.7 Å². The van der Waals surface area contributed by atoms with Crippen LogP contribution in [0.15, 0.2) is 120 Å². The molecule has 0 spiro atoms. The van der Waals surface area contributed by atoms with E-state index in [1.807, 2.05) is 6.92 Å². The first-order valence-corrected chi connectivity index (χ1v) is 16.0. The van der Waals surface area contributed by atoms with Gasteiger partial charge in [0, 0.05) is 7.11 Å². The summed E-state index contributed by atoms with van der Waals surface area (Å²) in [4.78, 5) is 40.0. The maximum absolute atomic E-state index is 13.4. The maximum Gasteiger partial charge on any atom is 0.338 e. The van der Waals surface area contributed by atoms with Gasteiger partial charge in [0.25, 0.3) is 10.1 Å². The molecular formula is C35H32O11S. The highest BCUT2D eigenvalue weighted by molar-refractivity contribution is 7.86. The van der Waals surface area contributed by atoms with E-state index in [2.05, 4.69) is 0 Å². The third-order valence-electron chi connectivity index (χ3n) is 7.28. The third-order valence-corrected chi connectivity index (χ3v) is 8.57. The van der Waals surface area contributed by atoms with Crippen LogP contribution in [-0.2, 0) is 38.0 Å². The Hall–Kier alpha value is -4.88. The predicted octanol–water partition coefficient (Wildman–Crippen LogP) is 4.75. The molecule has 5 rings (SSSR count). The van der Waals surface area contributed by atoms with Gasteiger partial charge in [0.2, 0.25) is 0 Å². The zero-order chi connectivity index (χ0) is 33.4. The lowest BCUT2D eigenvalue weighted by atomic mass is 9.97. The van der Waals surface area contributed by atoms with E-state index in [0.717, 1.165) is 5.56 Å². The molecule has 11 nitrogen and oxygen atoms in total. The first kappa shape index (κ1) is 33.5. The summed E-state index contributed by atoms with van der Waals surface area (Å²) in [5.41, 5.74) is 1.33. The van der Waals surface area contributed by atoms with Crippen LogP contribution in [0.1, 0.15) is 36.6 Å². The molecule has 1 heterocycles. The molecule has 4 aromatic rings. The second-order valence-corrected chi connectivity index (χ2v) is 12.2. The molecule has 0 aromatic heterocycles. The van der Waals surface area contributed by atoms with Gasteiger partial charge in [-0.15, -0.1) is 0 Å². The maximum atomic E-state index is 13.4. The van der Waals surface area contributed by atoms with Crippen molar-refractivity contribution in [3.63, 3.8) is 0 Å². The number of esters is 3. The Balaban J connectivity index is 1.52. The summed E-state index contributed by atoms with van der Waals surface area (Å²) < 4.78 is 60.8. The van der Waals surface area contributed by atoms with Gasteiger partial charge in [-0.1, -0.05) is 72.3 Å². The van der Waals surface area contributed by atoms with Gasteiger partial charge >= 0.3 is 17.9 Å². The third kappa shape index (κ3) is 8.29. The van der Waals surface area contributed by atoms with Crippen LogP contribution >= 0.6 is 0 Å². The molecule has 5 atom stereocenters. The van der Waals surface area contributed by atoms with Crippen LogP contribution in [0.3, 0.4) is 0 Å². The summed E-state index contributed by atoms with van der Waals surface area (Å²) in [5.74, 6) is -2.47. The zero-order valence-electron chi connectivity index (χ0n) is 25.5. The van der Waals surface area contributed by atoms with Crippen molar-refractivity contribution in [2.75, 3.05) is 13.7 Å². The Bertz CT molecular complexity index is 1760. The van der Waals surface area contributed by atoms with E-state index in [0.29, 0.717) is 0 Å². The molecule has 0 aliphatic carbocycles. The lowest BCUT2D eigenvalue weighted by Crippen LogP contribution is -2.63. The van der Waals surface area contributed by atoms with E-state index < -0.39 is 65.3 Å². The molecule has 0 unspecified atom stereocenters. The van der Waals surface area contributed by atoms with Crippen LogP contribution < -0.4 is 0 Å². The van der Waals surface area contributed by atoms with E-state index in [9.17, 15) is 22.8 Å². The molecule has 47 heavy (non-hydrogen) atoms. The van der Waals surface area contributed by atoms with Crippen molar-refractivity contribution in [1.29, 1.82) is 0 Å². The second kappa shape index (κ2) is 15.1. The highest BCUT2D eigenvalue weighted by Crippen LogP contribution is 2.32. The summed E-state index contributed by atoms with van der Waals surface area (Å²) in [7, 11) is -3.05. The van der Waals surface area contributed by atoms with Crippen molar-refractivity contribution in [1.82, 2.24) is 0 Å². The lowest BCUT2D eigenvalue weighted by Gasteiger charge is -2.44. The highest BCUT2D eigenvalue weighted by atomic mass is 32.2. The minimum atomic E-state index is -4.31. The average Bonchev–Trinajstić information content (AvgIpc) is 3.10. The molecule has 1 saturated heterocycles. The van der Waals surface area contributed by atoms with Crippen molar-refractivity contribution in [3.8, 4) is 0 Å². The second-order valence-electron chi connectivity index (χ2n) is 10.5. The van der Waals surface area contributed by atoms with E-state index in [4.69, 9.17) is 27.9 Å². The van der Waals surface area contributed by atoms with Gasteiger partial charge in [-0.05, 0) is 55.5 Å². The normalized spacial score (nSPS) is 20.9. The Kier molecular flexibility index (Phi) is 10.8. The number of ether oxygens (including phenoxy) is 5. The van der Waals surface area contributed by atoms with Crippen LogP contribution in [0.5, 0.6) is 0 Å². The van der Waals surface area contributed by atoms with E-state index in [-0.39, 0.29) is 21.6 Å². The van der Waals surface area contributed by atoms with Crippen LogP contribution in [0, 0.1) is 6.92 Å². The summed E-state index contributed by atoms with van der Waals surface area (Å²) in [6.07, 6.45) is -7.34. The standard InChI is InChI=1S/C35H32O11S/c1-23-18-20-27(21-19-23)47(39,40)42-22-28-29(44-32(36)24-12-6-3-7-13-24)30(45-33(37)25-14-8-4-9-15-25)31(35(41-2)43-28)46-34(38)26-16-10-5-11-17-26/h3-21,28-31,35H,22H2,1-2H3/t28-,29+,30+,31+,35-/m1/s1. The number of benzene rings is 4. The summed E-state index contributed by atoms with van der Waals surface area (Å²) >= 11 is 0. The Morgan fingerprint density at radius 2 is 1.04 bits per heavy atom. The fourth-order valence-electron chi connectivity index (χ4n) is 4.83. The number of hydrogen-bond donors (Lipinski definition) is 0. The number of carbonyl (C=O) groups is 3. The number of rotatable bonds is 11. The quantitative estimate of drug-likeness (QED) is 0.125. The molecule has 4 aromatic carbocycles. The number of methoxy groups -OCH3 is 1.